The summed E-state index contributed by atoms with van der Waals surface area (Å²) in [5.74, 6) is -0.262. The Kier molecular flexibility index (Phi) is 5.54. The van der Waals surface area contributed by atoms with E-state index in [-0.39, 0.29) is 18.9 Å². The summed E-state index contributed by atoms with van der Waals surface area (Å²) in [6.07, 6.45) is -0.362. The highest BCUT2D eigenvalue weighted by Crippen LogP contribution is 2.30. The Morgan fingerprint density at radius 1 is 1.41 bits per heavy atom. The van der Waals surface area contributed by atoms with Crippen molar-refractivity contribution in [2.45, 2.75) is 12.5 Å². The van der Waals surface area contributed by atoms with Gasteiger partial charge in [0, 0.05) is 16.9 Å². The van der Waals surface area contributed by atoms with Gasteiger partial charge < -0.3 is 15.6 Å². The van der Waals surface area contributed by atoms with E-state index in [0.717, 1.165) is 4.88 Å². The fourth-order valence-electron chi connectivity index (χ4n) is 1.98. The van der Waals surface area contributed by atoms with Crippen molar-refractivity contribution in [2.24, 2.45) is 0 Å². The lowest BCUT2D eigenvalue weighted by Gasteiger charge is -2.09. The van der Waals surface area contributed by atoms with Gasteiger partial charge in [-0.05, 0) is 18.2 Å². The zero-order valence-corrected chi connectivity index (χ0v) is 13.1. The van der Waals surface area contributed by atoms with Gasteiger partial charge in [0.2, 0.25) is 0 Å². The van der Waals surface area contributed by atoms with Crippen LogP contribution in [0.4, 0.5) is 5.00 Å². The van der Waals surface area contributed by atoms with Gasteiger partial charge in [0.05, 0.1) is 22.2 Å². The second kappa shape index (κ2) is 7.40. The van der Waals surface area contributed by atoms with Gasteiger partial charge in [-0.2, -0.15) is 0 Å². The number of aliphatic hydroxyl groups excluding tert-OH is 1. The minimum Gasteiger partial charge on any atom is -0.462 e. The summed E-state index contributed by atoms with van der Waals surface area (Å²) in [5.41, 5.74) is 6.64. The zero-order valence-electron chi connectivity index (χ0n) is 11.5. The van der Waals surface area contributed by atoms with E-state index in [1.54, 1.807) is 30.3 Å². The summed E-state index contributed by atoms with van der Waals surface area (Å²) in [4.78, 5) is 23.6. The Bertz CT molecular complexity index is 686. The van der Waals surface area contributed by atoms with E-state index in [4.69, 9.17) is 27.2 Å². The molecule has 1 aromatic heterocycles. The van der Waals surface area contributed by atoms with Gasteiger partial charge in [0.25, 0.3) is 6.47 Å². The lowest BCUT2D eigenvalue weighted by atomic mass is 10.0. The Hall–Kier alpha value is -1.89. The van der Waals surface area contributed by atoms with Crippen molar-refractivity contribution >= 4 is 40.2 Å². The maximum absolute atomic E-state index is 12.5. The number of carbonyl (C=O) groups is 2. The molecule has 0 aliphatic rings. The summed E-state index contributed by atoms with van der Waals surface area (Å²) in [5, 5.41) is 9.85. The van der Waals surface area contributed by atoms with Crippen molar-refractivity contribution in [1.82, 2.24) is 0 Å². The van der Waals surface area contributed by atoms with E-state index >= 15 is 0 Å². The second-order valence-corrected chi connectivity index (χ2v) is 6.12. The Balaban J connectivity index is 2.24. The number of hydrogen-bond acceptors (Lipinski definition) is 6. The average Bonchev–Trinajstić information content (AvgIpc) is 2.87. The number of rotatable bonds is 7. The monoisotopic (exact) mass is 339 g/mol. The van der Waals surface area contributed by atoms with Crippen molar-refractivity contribution in [1.29, 1.82) is 0 Å². The van der Waals surface area contributed by atoms with Gasteiger partial charge in [-0.1, -0.05) is 23.7 Å². The van der Waals surface area contributed by atoms with E-state index in [1.807, 2.05) is 0 Å². The minimum absolute atomic E-state index is 0.262. The molecule has 0 bridgehead atoms. The molecule has 3 N–H and O–H groups in total. The van der Waals surface area contributed by atoms with Gasteiger partial charge >= 0.3 is 0 Å². The lowest BCUT2D eigenvalue weighted by Crippen LogP contribution is -2.19. The van der Waals surface area contributed by atoms with E-state index in [0.29, 0.717) is 27.6 Å². The number of hydrogen-bond donors (Lipinski definition) is 2. The molecule has 7 heteroatoms. The number of anilines is 1. The summed E-state index contributed by atoms with van der Waals surface area (Å²) in [6, 6.07) is 8.38. The molecule has 0 saturated carbocycles. The fourth-order valence-corrected chi connectivity index (χ4v) is 3.20. The summed E-state index contributed by atoms with van der Waals surface area (Å²) in [6.45, 7) is -0.0159. The normalized spacial score (nSPS) is 11.9. The molecule has 1 heterocycles. The number of aliphatic hydroxyl groups is 1. The van der Waals surface area contributed by atoms with Gasteiger partial charge in [-0.15, -0.1) is 11.3 Å². The number of halogens is 1. The molecule has 0 fully saturated rings. The third-order valence-corrected chi connectivity index (χ3v) is 4.37. The van der Waals surface area contributed by atoms with Crippen LogP contribution in [0.25, 0.3) is 0 Å². The summed E-state index contributed by atoms with van der Waals surface area (Å²) < 4.78 is 4.74. The first-order valence-electron chi connectivity index (χ1n) is 6.44. The third kappa shape index (κ3) is 3.65. The van der Waals surface area contributed by atoms with Crippen LogP contribution in [-0.2, 0) is 16.0 Å². The molecule has 5 nitrogen and oxygen atoms in total. The molecular formula is C15H14ClNO4S. The molecule has 1 unspecified atom stereocenters. The number of carbonyl (C=O) groups excluding carboxylic acids is 2. The quantitative estimate of drug-likeness (QED) is 0.596. The lowest BCUT2D eigenvalue weighted by molar-refractivity contribution is -0.135. The van der Waals surface area contributed by atoms with Gasteiger partial charge in [0.15, 0.2) is 5.78 Å². The van der Waals surface area contributed by atoms with Crippen LogP contribution in [-0.4, -0.2) is 30.1 Å². The smallest absolute Gasteiger partial charge is 0.293 e. The third-order valence-electron chi connectivity index (χ3n) is 3.06. The maximum Gasteiger partial charge on any atom is 0.293 e. The predicted octanol–water partition coefficient (Wildman–Crippen LogP) is 2.29. The topological polar surface area (TPSA) is 89.6 Å². The number of nitrogens with two attached hydrogens (primary N) is 1. The van der Waals surface area contributed by atoms with Crippen LogP contribution in [0.2, 0.25) is 5.02 Å². The van der Waals surface area contributed by atoms with E-state index in [2.05, 4.69) is 0 Å². The van der Waals surface area contributed by atoms with Crippen LogP contribution >= 0.6 is 22.9 Å². The first kappa shape index (κ1) is 16.5. The SMILES string of the molecule is Nc1sc(CC(CO)OC=O)cc1C(=O)c1ccccc1Cl. The molecular weight excluding hydrogens is 326 g/mol. The van der Waals surface area contributed by atoms with Crippen molar-refractivity contribution < 1.29 is 19.4 Å². The number of ether oxygens (including phenoxy) is 1. The van der Waals surface area contributed by atoms with Crippen LogP contribution in [0.5, 0.6) is 0 Å². The number of benzene rings is 1. The van der Waals surface area contributed by atoms with Gasteiger partial charge in [-0.3, -0.25) is 9.59 Å². The molecule has 0 radical (unpaired) electrons. The molecule has 22 heavy (non-hydrogen) atoms. The van der Waals surface area contributed by atoms with Crippen molar-refractivity contribution in [3.05, 3.63) is 51.4 Å². The van der Waals surface area contributed by atoms with E-state index in [1.165, 1.54) is 11.3 Å². The zero-order chi connectivity index (χ0) is 16.1. The van der Waals surface area contributed by atoms with Crippen LogP contribution in [0.15, 0.2) is 30.3 Å². The Morgan fingerprint density at radius 2 is 2.14 bits per heavy atom. The fraction of sp³-hybridized carbons (Fsp3) is 0.200. The minimum atomic E-state index is -0.654. The largest absolute Gasteiger partial charge is 0.462 e. The van der Waals surface area contributed by atoms with Crippen molar-refractivity contribution in [3.8, 4) is 0 Å². The van der Waals surface area contributed by atoms with E-state index in [9.17, 15) is 9.59 Å². The summed E-state index contributed by atoms with van der Waals surface area (Å²) in [7, 11) is 0. The number of thiophene rings is 1. The predicted molar refractivity (Wildman–Crippen MR) is 85.3 cm³/mol. The highest BCUT2D eigenvalue weighted by Gasteiger charge is 2.20. The van der Waals surface area contributed by atoms with Crippen LogP contribution in [0.1, 0.15) is 20.8 Å². The summed E-state index contributed by atoms with van der Waals surface area (Å²) >= 11 is 7.25. The van der Waals surface area contributed by atoms with E-state index < -0.39 is 6.10 Å². The highest BCUT2D eigenvalue weighted by molar-refractivity contribution is 7.16. The second-order valence-electron chi connectivity index (χ2n) is 4.54. The molecule has 0 amide bonds. The molecule has 0 spiro atoms. The molecule has 1 atom stereocenters. The molecule has 116 valence electrons. The molecule has 0 saturated heterocycles. The first-order valence-corrected chi connectivity index (χ1v) is 7.63. The molecule has 0 aliphatic heterocycles. The van der Waals surface area contributed by atoms with Crippen molar-refractivity contribution in [3.63, 3.8) is 0 Å². The van der Waals surface area contributed by atoms with Crippen molar-refractivity contribution in [2.75, 3.05) is 12.3 Å². The number of nitrogen functional groups attached to an aromatic ring is 1. The average molecular weight is 340 g/mol. The van der Waals surface area contributed by atoms with Crippen LogP contribution < -0.4 is 5.73 Å². The van der Waals surface area contributed by atoms with Crippen LogP contribution in [0.3, 0.4) is 0 Å². The standard InChI is InChI=1S/C15H14ClNO4S/c16-13-4-2-1-3-11(13)14(20)12-6-10(22-15(12)17)5-9(7-18)21-8-19/h1-4,6,8-9,18H,5,7,17H2. The highest BCUT2D eigenvalue weighted by atomic mass is 35.5. The number of ketones is 1. The first-order chi connectivity index (χ1) is 10.6. The van der Waals surface area contributed by atoms with Gasteiger partial charge in [0.1, 0.15) is 6.10 Å². The molecule has 2 aromatic rings. The molecule has 0 aliphatic carbocycles. The maximum atomic E-state index is 12.5. The molecule has 2 rings (SSSR count). The Morgan fingerprint density at radius 3 is 2.77 bits per heavy atom. The Labute approximate surface area is 136 Å². The van der Waals surface area contributed by atoms with Crippen LogP contribution in [0, 0.1) is 0 Å². The molecule has 1 aromatic carbocycles. The van der Waals surface area contributed by atoms with Gasteiger partial charge in [-0.25, -0.2) is 0 Å².